The van der Waals surface area contributed by atoms with E-state index in [9.17, 15) is 18.1 Å². The van der Waals surface area contributed by atoms with Gasteiger partial charge in [0, 0.05) is 0 Å². The van der Waals surface area contributed by atoms with Crippen molar-refractivity contribution in [2.75, 3.05) is 0 Å². The van der Waals surface area contributed by atoms with Crippen molar-refractivity contribution < 1.29 is 69.5 Å². The molecule has 0 aliphatic carbocycles. The molecule has 0 fully saturated rings. The Labute approximate surface area is 218 Å². The molecular formula is C22H45KO4S. The van der Waals surface area contributed by atoms with Gasteiger partial charge in [-0.15, -0.1) is 0 Å². The molecule has 0 radical (unpaired) electrons. The molecule has 6 heteroatoms. The Morgan fingerprint density at radius 1 is 0.679 bits per heavy atom. The Morgan fingerprint density at radius 2 is 1.04 bits per heavy atom. The minimum absolute atomic E-state index is 0. The third-order valence-corrected chi connectivity index (χ3v) is 6.71. The van der Waals surface area contributed by atoms with Gasteiger partial charge in [-0.3, -0.25) is 0 Å². The van der Waals surface area contributed by atoms with E-state index in [0.29, 0.717) is 12.8 Å². The first-order valence-corrected chi connectivity index (χ1v) is 13.0. The second kappa shape index (κ2) is 21.7. The van der Waals surface area contributed by atoms with Crippen molar-refractivity contribution in [3.05, 3.63) is 0 Å². The summed E-state index contributed by atoms with van der Waals surface area (Å²) >= 11 is 0. The maximum Gasteiger partial charge on any atom is 1.00 e. The van der Waals surface area contributed by atoms with Gasteiger partial charge in [-0.1, -0.05) is 110 Å². The van der Waals surface area contributed by atoms with Crippen molar-refractivity contribution in [2.45, 2.75) is 141 Å². The van der Waals surface area contributed by atoms with Crippen LogP contribution in [-0.2, 0) is 10.1 Å². The Hall–Kier alpha value is 1.51. The predicted molar refractivity (Wildman–Crippen MR) is 114 cm³/mol. The Bertz CT molecular complexity index is 415. The average Bonchev–Trinajstić information content (AvgIpc) is 2.61. The van der Waals surface area contributed by atoms with Crippen molar-refractivity contribution >= 4 is 10.1 Å². The van der Waals surface area contributed by atoms with Gasteiger partial charge in [0.25, 0.3) is 0 Å². The van der Waals surface area contributed by atoms with Gasteiger partial charge in [0.1, 0.15) is 0 Å². The molecule has 0 saturated carbocycles. The van der Waals surface area contributed by atoms with E-state index in [2.05, 4.69) is 13.8 Å². The van der Waals surface area contributed by atoms with Crippen molar-refractivity contribution in [3.8, 4) is 0 Å². The van der Waals surface area contributed by atoms with Crippen LogP contribution in [0.15, 0.2) is 0 Å². The number of rotatable bonds is 20. The number of aliphatic hydroxyl groups excluding tert-OH is 1. The first kappa shape index (κ1) is 31.7. The van der Waals surface area contributed by atoms with E-state index in [1.165, 1.54) is 64.2 Å². The van der Waals surface area contributed by atoms with Gasteiger partial charge >= 0.3 is 51.4 Å². The molecule has 0 amide bonds. The molecule has 0 rings (SSSR count). The molecule has 0 spiro atoms. The maximum absolute atomic E-state index is 11.5. The summed E-state index contributed by atoms with van der Waals surface area (Å²) in [6, 6.07) is 0. The molecule has 0 heterocycles. The molecule has 164 valence electrons. The average molecular weight is 445 g/mol. The number of unbranched alkanes of at least 4 members (excludes halogenated alkanes) is 13. The molecule has 0 aliphatic heterocycles. The Kier molecular flexibility index (Phi) is 24.6. The van der Waals surface area contributed by atoms with E-state index < -0.39 is 21.5 Å². The number of hydrogen-bond acceptors (Lipinski definition) is 4. The van der Waals surface area contributed by atoms with E-state index in [1.54, 1.807) is 0 Å². The van der Waals surface area contributed by atoms with Crippen LogP contribution in [0, 0.1) is 0 Å². The van der Waals surface area contributed by atoms with Crippen LogP contribution in [0.2, 0.25) is 0 Å². The molecule has 0 aromatic heterocycles. The molecule has 0 bridgehead atoms. The van der Waals surface area contributed by atoms with Crippen molar-refractivity contribution in [3.63, 3.8) is 0 Å². The van der Waals surface area contributed by atoms with Gasteiger partial charge in [0.15, 0.2) is 0 Å². The van der Waals surface area contributed by atoms with Gasteiger partial charge in [-0.05, 0) is 19.3 Å². The quantitative estimate of drug-likeness (QED) is 0.177. The molecule has 28 heavy (non-hydrogen) atoms. The van der Waals surface area contributed by atoms with Crippen molar-refractivity contribution in [1.82, 2.24) is 0 Å². The standard InChI is InChI=1S/C22H46O4S.K/c1-3-5-7-9-11-12-13-15-17-19-22(27(24,25)26)20-21(23)18-16-14-10-8-6-4-2;/h21-23H,3-20H2,1-2H3,(H,24,25,26);/q;+1/p-1. The third kappa shape index (κ3) is 20.8. The van der Waals surface area contributed by atoms with Crippen LogP contribution in [-0.4, -0.2) is 29.4 Å². The zero-order valence-corrected chi connectivity index (χ0v) is 22.9. The summed E-state index contributed by atoms with van der Waals surface area (Å²) in [5.74, 6) is 0. The second-order valence-corrected chi connectivity index (χ2v) is 9.83. The summed E-state index contributed by atoms with van der Waals surface area (Å²) in [5.41, 5.74) is 0. The van der Waals surface area contributed by atoms with Crippen LogP contribution in [0.4, 0.5) is 0 Å². The van der Waals surface area contributed by atoms with Gasteiger partial charge in [0.05, 0.1) is 21.5 Å². The molecule has 2 atom stereocenters. The van der Waals surface area contributed by atoms with Crippen molar-refractivity contribution in [2.24, 2.45) is 0 Å². The molecule has 0 aromatic rings. The minimum atomic E-state index is -4.32. The van der Waals surface area contributed by atoms with E-state index in [1.807, 2.05) is 0 Å². The smallest absolute Gasteiger partial charge is 0.748 e. The Morgan fingerprint density at radius 3 is 1.43 bits per heavy atom. The fraction of sp³-hybridized carbons (Fsp3) is 1.00. The third-order valence-electron chi connectivity index (χ3n) is 5.46. The first-order chi connectivity index (χ1) is 12.9. The topological polar surface area (TPSA) is 77.4 Å². The summed E-state index contributed by atoms with van der Waals surface area (Å²) in [6.07, 6.45) is 17.8. The SMILES string of the molecule is CCCCCCCCCCCC(CC(O)CCCCCCCC)S(=O)(=O)[O-].[K+]. The Balaban J connectivity index is 0. The van der Waals surface area contributed by atoms with E-state index in [4.69, 9.17) is 0 Å². The predicted octanol–water partition coefficient (Wildman–Crippen LogP) is 3.33. The monoisotopic (exact) mass is 444 g/mol. The second-order valence-electron chi connectivity index (χ2n) is 8.18. The summed E-state index contributed by atoms with van der Waals surface area (Å²) in [4.78, 5) is 0. The van der Waals surface area contributed by atoms with Crippen LogP contribution < -0.4 is 51.4 Å². The van der Waals surface area contributed by atoms with Crippen LogP contribution in [0.3, 0.4) is 0 Å². The summed E-state index contributed by atoms with van der Waals surface area (Å²) in [7, 11) is -4.32. The first-order valence-electron chi connectivity index (χ1n) is 11.5. The van der Waals surface area contributed by atoms with Gasteiger partial charge < -0.3 is 9.66 Å². The molecule has 0 aromatic carbocycles. The molecule has 0 saturated heterocycles. The normalized spacial score (nSPS) is 13.9. The molecular weight excluding hydrogens is 399 g/mol. The van der Waals surface area contributed by atoms with E-state index in [0.717, 1.165) is 32.1 Å². The van der Waals surface area contributed by atoms with Crippen LogP contribution >= 0.6 is 0 Å². The van der Waals surface area contributed by atoms with E-state index in [-0.39, 0.29) is 57.8 Å². The molecule has 4 nitrogen and oxygen atoms in total. The van der Waals surface area contributed by atoms with Gasteiger partial charge in [-0.2, -0.15) is 0 Å². The summed E-state index contributed by atoms with van der Waals surface area (Å²) in [6.45, 7) is 4.39. The fourth-order valence-corrected chi connectivity index (χ4v) is 4.56. The van der Waals surface area contributed by atoms with Gasteiger partial charge in [-0.25, -0.2) is 8.42 Å². The zero-order valence-electron chi connectivity index (χ0n) is 19.0. The molecule has 1 N–H and O–H groups in total. The minimum Gasteiger partial charge on any atom is -0.748 e. The fourth-order valence-electron chi connectivity index (χ4n) is 3.64. The molecule has 2 unspecified atom stereocenters. The summed E-state index contributed by atoms with van der Waals surface area (Å²) in [5, 5.41) is 9.21. The van der Waals surface area contributed by atoms with Crippen LogP contribution in [0.25, 0.3) is 0 Å². The number of hydrogen-bond donors (Lipinski definition) is 1. The van der Waals surface area contributed by atoms with Crippen LogP contribution in [0.1, 0.15) is 129 Å². The van der Waals surface area contributed by atoms with Crippen LogP contribution in [0.5, 0.6) is 0 Å². The largest absolute Gasteiger partial charge is 1.00 e. The zero-order chi connectivity index (χ0) is 20.4. The molecule has 0 aliphatic rings. The van der Waals surface area contributed by atoms with E-state index >= 15 is 0 Å². The maximum atomic E-state index is 11.5. The van der Waals surface area contributed by atoms with Gasteiger partial charge in [0.2, 0.25) is 0 Å². The summed E-state index contributed by atoms with van der Waals surface area (Å²) < 4.78 is 34.5. The van der Waals surface area contributed by atoms with Crippen molar-refractivity contribution in [1.29, 1.82) is 0 Å². The number of aliphatic hydroxyl groups is 1.